The van der Waals surface area contributed by atoms with Crippen molar-refractivity contribution in [3.05, 3.63) is 0 Å². The number of aliphatic hydroxyl groups excluding tert-OH is 1. The summed E-state index contributed by atoms with van der Waals surface area (Å²) in [5.41, 5.74) is 0.648. The Labute approximate surface area is 200 Å². The van der Waals surface area contributed by atoms with Crippen LogP contribution in [0.5, 0.6) is 0 Å². The molecule has 0 aromatic carbocycles. The van der Waals surface area contributed by atoms with E-state index >= 15 is 0 Å². The third kappa shape index (κ3) is 3.95. The largest absolute Gasteiger partial charge is 0.393 e. The van der Waals surface area contributed by atoms with E-state index in [0.717, 1.165) is 43.4 Å². The van der Waals surface area contributed by atoms with Crippen LogP contribution in [0.15, 0.2) is 0 Å². The van der Waals surface area contributed by atoms with Gasteiger partial charge < -0.3 is 5.11 Å². The minimum Gasteiger partial charge on any atom is -0.393 e. The van der Waals surface area contributed by atoms with E-state index in [4.69, 9.17) is 0 Å². The van der Waals surface area contributed by atoms with Crippen LogP contribution in [0.4, 0.5) is 0 Å². The highest BCUT2D eigenvalue weighted by molar-refractivity contribution is 9.10. The number of halogens is 1. The summed E-state index contributed by atoms with van der Waals surface area (Å²) in [6.45, 7) is 7.40. The highest BCUT2D eigenvalue weighted by atomic mass is 79.9. The number of aliphatic hydroxyl groups is 1. The SMILES string of the molecule is CCCCCCCCC1CCC2C3CC(C#N)C4(Br)CC(O)CCC4(C)C3CCC12C. The lowest BCUT2D eigenvalue weighted by molar-refractivity contribution is -0.124. The van der Waals surface area contributed by atoms with Crippen molar-refractivity contribution in [2.45, 2.75) is 128 Å². The zero-order valence-corrected chi connectivity index (χ0v) is 21.9. The zero-order valence-electron chi connectivity index (χ0n) is 20.3. The molecule has 0 aliphatic heterocycles. The molecule has 4 fully saturated rings. The fraction of sp³-hybridized carbons (Fsp3) is 0.964. The summed E-state index contributed by atoms with van der Waals surface area (Å²) in [7, 11) is 0. The van der Waals surface area contributed by atoms with Gasteiger partial charge in [-0.2, -0.15) is 5.26 Å². The zero-order chi connectivity index (χ0) is 22.3. The Hall–Kier alpha value is -0.0700. The Morgan fingerprint density at radius 2 is 1.71 bits per heavy atom. The van der Waals surface area contributed by atoms with Gasteiger partial charge in [-0.05, 0) is 92.3 Å². The van der Waals surface area contributed by atoms with E-state index < -0.39 is 0 Å². The number of fused-ring (bicyclic) bond motifs is 5. The second-order valence-corrected chi connectivity index (χ2v) is 13.8. The average Bonchev–Trinajstić information content (AvgIpc) is 3.07. The summed E-state index contributed by atoms with van der Waals surface area (Å²) >= 11 is 4.13. The van der Waals surface area contributed by atoms with Crippen LogP contribution in [0.1, 0.15) is 117 Å². The predicted molar refractivity (Wildman–Crippen MR) is 132 cm³/mol. The van der Waals surface area contributed by atoms with Crippen LogP contribution < -0.4 is 0 Å². The number of nitrogens with zero attached hydrogens (tertiary/aromatic N) is 1. The Morgan fingerprint density at radius 1 is 0.968 bits per heavy atom. The van der Waals surface area contributed by atoms with Crippen molar-refractivity contribution < 1.29 is 5.11 Å². The van der Waals surface area contributed by atoms with Crippen LogP contribution in [0.3, 0.4) is 0 Å². The molecule has 1 N–H and O–H groups in total. The molecule has 0 heterocycles. The topological polar surface area (TPSA) is 44.0 Å². The molecule has 176 valence electrons. The first-order valence-electron chi connectivity index (χ1n) is 13.6. The average molecular weight is 493 g/mol. The summed E-state index contributed by atoms with van der Waals surface area (Å²) in [4.78, 5) is 0. The van der Waals surface area contributed by atoms with Gasteiger partial charge in [-0.1, -0.05) is 75.2 Å². The van der Waals surface area contributed by atoms with Crippen molar-refractivity contribution in [1.29, 1.82) is 5.26 Å². The second-order valence-electron chi connectivity index (χ2n) is 12.3. The maximum atomic E-state index is 10.5. The highest BCUT2D eigenvalue weighted by Gasteiger charge is 2.67. The molecule has 3 heteroatoms. The van der Waals surface area contributed by atoms with Gasteiger partial charge in [0.05, 0.1) is 18.1 Å². The number of alkyl halides is 1. The first kappa shape index (κ1) is 24.1. The van der Waals surface area contributed by atoms with E-state index in [0.29, 0.717) is 11.3 Å². The lowest BCUT2D eigenvalue weighted by Gasteiger charge is -2.65. The molecule has 31 heavy (non-hydrogen) atoms. The van der Waals surface area contributed by atoms with Gasteiger partial charge in [-0.3, -0.25) is 0 Å². The fourth-order valence-corrected chi connectivity index (χ4v) is 10.3. The molecule has 0 bridgehead atoms. The quantitative estimate of drug-likeness (QED) is 0.289. The fourth-order valence-electron chi connectivity index (χ4n) is 9.16. The molecule has 4 aliphatic rings. The van der Waals surface area contributed by atoms with Crippen LogP contribution in [0, 0.1) is 51.8 Å². The first-order valence-corrected chi connectivity index (χ1v) is 14.4. The van der Waals surface area contributed by atoms with Gasteiger partial charge in [-0.25, -0.2) is 0 Å². The molecule has 0 saturated heterocycles. The normalized spacial score (nSPS) is 49.0. The summed E-state index contributed by atoms with van der Waals surface area (Å²) in [6.07, 6.45) is 18.9. The van der Waals surface area contributed by atoms with Gasteiger partial charge in [0.25, 0.3) is 0 Å². The number of hydrogen-bond acceptors (Lipinski definition) is 2. The molecule has 0 aromatic rings. The molecule has 0 radical (unpaired) electrons. The van der Waals surface area contributed by atoms with Gasteiger partial charge in [0.15, 0.2) is 0 Å². The maximum Gasteiger partial charge on any atom is 0.0670 e. The molecular formula is C28H46BrNO. The summed E-state index contributed by atoms with van der Waals surface area (Å²) in [5.74, 6) is 3.18. The molecular weight excluding hydrogens is 446 g/mol. The lowest BCUT2D eigenvalue weighted by Crippen LogP contribution is -2.63. The van der Waals surface area contributed by atoms with Crippen molar-refractivity contribution in [1.82, 2.24) is 0 Å². The Morgan fingerprint density at radius 3 is 2.45 bits per heavy atom. The van der Waals surface area contributed by atoms with Crippen molar-refractivity contribution >= 4 is 15.9 Å². The number of unbranched alkanes of at least 4 members (excludes halogenated alkanes) is 5. The van der Waals surface area contributed by atoms with Crippen LogP contribution in [0.2, 0.25) is 0 Å². The van der Waals surface area contributed by atoms with E-state index in [1.807, 2.05) is 0 Å². The van der Waals surface area contributed by atoms with Crippen LogP contribution in [0.25, 0.3) is 0 Å². The molecule has 4 rings (SSSR count). The monoisotopic (exact) mass is 491 g/mol. The number of rotatable bonds is 7. The summed E-state index contributed by atoms with van der Waals surface area (Å²) in [6, 6.07) is 2.73. The summed E-state index contributed by atoms with van der Waals surface area (Å²) in [5, 5.41) is 20.7. The molecule has 4 saturated carbocycles. The van der Waals surface area contributed by atoms with E-state index in [1.165, 1.54) is 70.6 Å². The lowest BCUT2D eigenvalue weighted by atomic mass is 9.42. The van der Waals surface area contributed by atoms with Crippen molar-refractivity contribution in [2.24, 2.45) is 40.4 Å². The minimum absolute atomic E-state index is 0.0358. The third-order valence-electron chi connectivity index (χ3n) is 11.1. The molecule has 2 nitrogen and oxygen atoms in total. The smallest absolute Gasteiger partial charge is 0.0670 e. The van der Waals surface area contributed by atoms with E-state index in [2.05, 4.69) is 42.8 Å². The molecule has 0 amide bonds. The summed E-state index contributed by atoms with van der Waals surface area (Å²) < 4.78 is -0.197. The van der Waals surface area contributed by atoms with E-state index in [-0.39, 0.29) is 21.8 Å². The second kappa shape index (κ2) is 9.29. The minimum atomic E-state index is -0.248. The Balaban J connectivity index is 1.47. The van der Waals surface area contributed by atoms with E-state index in [1.54, 1.807) is 0 Å². The third-order valence-corrected chi connectivity index (χ3v) is 12.8. The van der Waals surface area contributed by atoms with Gasteiger partial charge >= 0.3 is 0 Å². The van der Waals surface area contributed by atoms with Gasteiger partial charge in [0.1, 0.15) is 0 Å². The van der Waals surface area contributed by atoms with Crippen LogP contribution in [-0.4, -0.2) is 15.5 Å². The molecule has 9 unspecified atom stereocenters. The van der Waals surface area contributed by atoms with Gasteiger partial charge in [0, 0.05) is 4.32 Å². The predicted octanol–water partition coefficient (Wildman–Crippen LogP) is 8.02. The first-order chi connectivity index (χ1) is 14.8. The Bertz CT molecular complexity index is 674. The van der Waals surface area contributed by atoms with Crippen LogP contribution >= 0.6 is 15.9 Å². The Kier molecular flexibility index (Phi) is 7.21. The van der Waals surface area contributed by atoms with Crippen molar-refractivity contribution in [3.8, 4) is 6.07 Å². The molecule has 0 aromatic heterocycles. The van der Waals surface area contributed by atoms with Gasteiger partial charge in [-0.15, -0.1) is 0 Å². The number of nitriles is 1. The van der Waals surface area contributed by atoms with Crippen LogP contribution in [-0.2, 0) is 0 Å². The maximum absolute atomic E-state index is 10.5. The molecule has 9 atom stereocenters. The van der Waals surface area contributed by atoms with Gasteiger partial charge in [0.2, 0.25) is 0 Å². The standard InChI is InChI=1S/C28H46BrNO/c1-4-5-6-7-8-9-10-20-11-12-24-23-17-21(19-30)28(29)18-22(31)13-16-27(28,3)25(23)14-15-26(20,24)2/h20-25,31H,4-18H2,1-3H3. The van der Waals surface area contributed by atoms with E-state index in [9.17, 15) is 10.4 Å². The molecule has 0 spiro atoms. The van der Waals surface area contributed by atoms with Crippen molar-refractivity contribution in [2.75, 3.05) is 0 Å². The molecule has 4 aliphatic carbocycles. The highest BCUT2D eigenvalue weighted by Crippen LogP contribution is 2.71. The number of hydrogen-bond donors (Lipinski definition) is 1. The van der Waals surface area contributed by atoms with Crippen molar-refractivity contribution in [3.63, 3.8) is 0 Å².